The largest absolute Gasteiger partial charge is 0.378 e. The van der Waals surface area contributed by atoms with Gasteiger partial charge in [-0.2, -0.15) is 0 Å². The van der Waals surface area contributed by atoms with Crippen LogP contribution in [0.5, 0.6) is 0 Å². The van der Waals surface area contributed by atoms with E-state index in [0.29, 0.717) is 18.1 Å². The predicted molar refractivity (Wildman–Crippen MR) is 69.7 cm³/mol. The summed E-state index contributed by atoms with van der Waals surface area (Å²) in [7, 11) is 0. The summed E-state index contributed by atoms with van der Waals surface area (Å²) in [4.78, 5) is 0. The first-order valence-corrected chi connectivity index (χ1v) is 6.69. The molecule has 3 unspecified atom stereocenters. The van der Waals surface area contributed by atoms with E-state index in [1.807, 2.05) is 0 Å². The number of hydrogen-bond acceptors (Lipinski definition) is 2. The minimum Gasteiger partial charge on any atom is -0.378 e. The molecule has 2 heteroatoms. The fourth-order valence-electron chi connectivity index (χ4n) is 2.32. The highest BCUT2D eigenvalue weighted by Gasteiger charge is 2.29. The molecule has 3 atom stereocenters. The van der Waals surface area contributed by atoms with E-state index in [9.17, 15) is 0 Å². The molecular weight excluding hydrogens is 198 g/mol. The van der Waals surface area contributed by atoms with Gasteiger partial charge in [0.2, 0.25) is 0 Å². The first-order valence-electron chi connectivity index (χ1n) is 6.69. The molecule has 16 heavy (non-hydrogen) atoms. The van der Waals surface area contributed by atoms with Crippen molar-refractivity contribution < 1.29 is 4.74 Å². The lowest BCUT2D eigenvalue weighted by molar-refractivity contribution is 0.117. The number of nitrogens with one attached hydrogen (secondary N) is 1. The van der Waals surface area contributed by atoms with Gasteiger partial charge in [-0.1, -0.05) is 26.0 Å². The van der Waals surface area contributed by atoms with E-state index < -0.39 is 0 Å². The lowest BCUT2D eigenvalue weighted by atomic mass is 9.91. The zero-order chi connectivity index (χ0) is 12.0. The maximum atomic E-state index is 5.67. The fourth-order valence-corrected chi connectivity index (χ4v) is 2.32. The van der Waals surface area contributed by atoms with E-state index in [0.717, 1.165) is 26.0 Å². The topological polar surface area (TPSA) is 21.3 Å². The molecule has 0 amide bonds. The zero-order valence-electron chi connectivity index (χ0n) is 11.1. The van der Waals surface area contributed by atoms with Crippen molar-refractivity contribution in [3.05, 3.63) is 12.2 Å². The summed E-state index contributed by atoms with van der Waals surface area (Å²) < 4.78 is 5.67. The minimum atomic E-state index is 0.436. The van der Waals surface area contributed by atoms with Crippen LogP contribution in [-0.2, 0) is 4.74 Å². The Balaban J connectivity index is 2.45. The molecule has 1 heterocycles. The van der Waals surface area contributed by atoms with Crippen molar-refractivity contribution in [1.82, 2.24) is 5.32 Å². The smallest absolute Gasteiger partial charge is 0.0551 e. The third-order valence-corrected chi connectivity index (χ3v) is 3.46. The van der Waals surface area contributed by atoms with E-state index in [1.165, 1.54) is 18.4 Å². The van der Waals surface area contributed by atoms with Crippen LogP contribution in [-0.4, -0.2) is 25.3 Å². The van der Waals surface area contributed by atoms with Gasteiger partial charge in [0.15, 0.2) is 0 Å². The Labute approximate surface area is 100 Å². The second-order valence-corrected chi connectivity index (χ2v) is 5.01. The van der Waals surface area contributed by atoms with Crippen LogP contribution in [0.25, 0.3) is 0 Å². The summed E-state index contributed by atoms with van der Waals surface area (Å²) in [5, 5.41) is 3.66. The summed E-state index contributed by atoms with van der Waals surface area (Å²) in [6, 6.07) is 0.567. The Bertz CT molecular complexity index is 215. The van der Waals surface area contributed by atoms with Gasteiger partial charge in [0, 0.05) is 12.0 Å². The second-order valence-electron chi connectivity index (χ2n) is 5.01. The predicted octanol–water partition coefficient (Wildman–Crippen LogP) is 3.14. The first-order chi connectivity index (χ1) is 7.67. The van der Waals surface area contributed by atoms with Crippen LogP contribution in [0, 0.1) is 5.92 Å². The van der Waals surface area contributed by atoms with Crippen molar-refractivity contribution >= 4 is 0 Å². The molecule has 94 valence electrons. The number of hydrogen-bond donors (Lipinski definition) is 1. The van der Waals surface area contributed by atoms with Crippen molar-refractivity contribution in [3.63, 3.8) is 0 Å². The number of ether oxygens (including phenoxy) is 1. The maximum Gasteiger partial charge on any atom is 0.0551 e. The minimum absolute atomic E-state index is 0.436. The average Bonchev–Trinajstić information content (AvgIpc) is 2.70. The van der Waals surface area contributed by atoms with Crippen LogP contribution in [0.4, 0.5) is 0 Å². The Morgan fingerprint density at radius 2 is 2.25 bits per heavy atom. The van der Waals surface area contributed by atoms with Crippen molar-refractivity contribution in [2.75, 3.05) is 13.2 Å². The van der Waals surface area contributed by atoms with E-state index in [-0.39, 0.29) is 0 Å². The van der Waals surface area contributed by atoms with Crippen LogP contribution in [0.1, 0.15) is 46.5 Å². The van der Waals surface area contributed by atoms with Crippen LogP contribution in [0.15, 0.2) is 12.2 Å². The third kappa shape index (κ3) is 4.26. The van der Waals surface area contributed by atoms with E-state index in [1.54, 1.807) is 0 Å². The zero-order valence-corrected chi connectivity index (χ0v) is 11.1. The van der Waals surface area contributed by atoms with E-state index >= 15 is 0 Å². The van der Waals surface area contributed by atoms with Crippen LogP contribution < -0.4 is 5.32 Å². The number of rotatable bonds is 7. The molecule has 0 aromatic carbocycles. The average molecular weight is 225 g/mol. The molecule has 1 rings (SSSR count). The molecule has 0 radical (unpaired) electrons. The summed E-state index contributed by atoms with van der Waals surface area (Å²) in [6.07, 6.45) is 5.02. The highest BCUT2D eigenvalue weighted by atomic mass is 16.5. The summed E-state index contributed by atoms with van der Waals surface area (Å²) in [5.74, 6) is 0.671. The van der Waals surface area contributed by atoms with Crippen molar-refractivity contribution in [1.29, 1.82) is 0 Å². The van der Waals surface area contributed by atoms with Crippen LogP contribution in [0.2, 0.25) is 0 Å². The monoisotopic (exact) mass is 225 g/mol. The quantitative estimate of drug-likeness (QED) is 0.672. The van der Waals surface area contributed by atoms with Crippen molar-refractivity contribution in [2.24, 2.45) is 5.92 Å². The van der Waals surface area contributed by atoms with Gasteiger partial charge in [-0.15, -0.1) is 0 Å². The molecule has 0 aromatic rings. The Kier molecular flexibility index (Phi) is 6.07. The van der Waals surface area contributed by atoms with E-state index in [4.69, 9.17) is 4.74 Å². The molecule has 0 spiro atoms. The molecule has 0 saturated carbocycles. The molecule has 0 bridgehead atoms. The van der Waals surface area contributed by atoms with Gasteiger partial charge in [-0.25, -0.2) is 0 Å². The summed E-state index contributed by atoms with van der Waals surface area (Å²) in [6.45, 7) is 12.7. The first kappa shape index (κ1) is 13.7. The molecule has 0 aliphatic carbocycles. The fraction of sp³-hybridized carbons (Fsp3) is 0.857. The highest BCUT2D eigenvalue weighted by Crippen LogP contribution is 2.26. The standard InChI is InChI=1S/C14H27NO/c1-5-7-15-14(8-11(3)6-2)13-9-12(4)16-10-13/h12-15H,3,5-10H2,1-2,4H3. The SMILES string of the molecule is C=C(CC)CC(NCCC)C1COC(C)C1. The molecule has 2 nitrogen and oxygen atoms in total. The van der Waals surface area contributed by atoms with Gasteiger partial charge < -0.3 is 10.1 Å². The molecule has 1 aliphatic heterocycles. The Morgan fingerprint density at radius 1 is 1.50 bits per heavy atom. The van der Waals surface area contributed by atoms with Gasteiger partial charge >= 0.3 is 0 Å². The highest BCUT2D eigenvalue weighted by molar-refractivity contribution is 4.99. The second kappa shape index (κ2) is 7.08. The van der Waals surface area contributed by atoms with Gasteiger partial charge in [-0.3, -0.25) is 0 Å². The van der Waals surface area contributed by atoms with Crippen LogP contribution >= 0.6 is 0 Å². The van der Waals surface area contributed by atoms with Crippen molar-refractivity contribution in [2.45, 2.75) is 58.6 Å². The lowest BCUT2D eigenvalue weighted by Crippen LogP contribution is -2.37. The molecule has 0 aromatic heterocycles. The molecule has 1 N–H and O–H groups in total. The van der Waals surface area contributed by atoms with Gasteiger partial charge in [0.1, 0.15) is 0 Å². The lowest BCUT2D eigenvalue weighted by Gasteiger charge is -2.24. The molecule has 1 fully saturated rings. The molecular formula is C14H27NO. The maximum absolute atomic E-state index is 5.67. The van der Waals surface area contributed by atoms with Gasteiger partial charge in [-0.05, 0) is 39.2 Å². The molecule has 1 aliphatic rings. The van der Waals surface area contributed by atoms with Crippen molar-refractivity contribution in [3.8, 4) is 0 Å². The Hall–Kier alpha value is -0.340. The Morgan fingerprint density at radius 3 is 2.75 bits per heavy atom. The normalized spacial score (nSPS) is 26.9. The van der Waals surface area contributed by atoms with E-state index in [2.05, 4.69) is 32.7 Å². The summed E-state index contributed by atoms with van der Waals surface area (Å²) >= 11 is 0. The van der Waals surface area contributed by atoms with Gasteiger partial charge in [0.05, 0.1) is 12.7 Å². The van der Waals surface area contributed by atoms with Crippen LogP contribution in [0.3, 0.4) is 0 Å². The molecule has 1 saturated heterocycles. The van der Waals surface area contributed by atoms with Gasteiger partial charge in [0.25, 0.3) is 0 Å². The summed E-state index contributed by atoms with van der Waals surface area (Å²) in [5.41, 5.74) is 1.35. The third-order valence-electron chi connectivity index (χ3n) is 3.46.